The average Bonchev–Trinajstić information content (AvgIpc) is 2.92. The standard InChI is InChI=1S/C28H23F4NO6/c1-36-23-7-5-4-6-17(23)15-39-27(35)20-14-33(13-16-8-9-18(10-21(16)29)28(30,31)32)22-12-25(38-3)24(37-2)11-19(22)26(20)34/h4-12,14H,13,15H2,1-3H3. The first-order valence-electron chi connectivity index (χ1n) is 11.5. The second-order valence-electron chi connectivity index (χ2n) is 8.42. The van der Waals surface area contributed by atoms with Gasteiger partial charge in [-0.3, -0.25) is 4.79 Å². The Morgan fingerprint density at radius 2 is 1.54 bits per heavy atom. The van der Waals surface area contributed by atoms with Gasteiger partial charge >= 0.3 is 12.1 Å². The van der Waals surface area contributed by atoms with E-state index in [0.717, 1.165) is 12.1 Å². The lowest BCUT2D eigenvalue weighted by molar-refractivity contribution is -0.137. The van der Waals surface area contributed by atoms with Crippen LogP contribution in [0.1, 0.15) is 27.0 Å². The summed E-state index contributed by atoms with van der Waals surface area (Å²) >= 11 is 0. The molecule has 0 unspecified atom stereocenters. The Bertz CT molecular complexity index is 1600. The molecular formula is C28H23F4NO6. The molecule has 0 aliphatic rings. The summed E-state index contributed by atoms with van der Waals surface area (Å²) in [7, 11) is 4.21. The van der Waals surface area contributed by atoms with Gasteiger partial charge < -0.3 is 23.5 Å². The van der Waals surface area contributed by atoms with E-state index in [9.17, 15) is 27.2 Å². The van der Waals surface area contributed by atoms with E-state index in [0.29, 0.717) is 17.4 Å². The number of pyridine rings is 1. The highest BCUT2D eigenvalue weighted by molar-refractivity contribution is 5.94. The zero-order chi connectivity index (χ0) is 28.3. The predicted octanol–water partition coefficient (Wildman–Crippen LogP) is 5.59. The van der Waals surface area contributed by atoms with Crippen LogP contribution in [0, 0.1) is 5.82 Å². The summed E-state index contributed by atoms with van der Waals surface area (Å²) in [6.07, 6.45) is -3.54. The summed E-state index contributed by atoms with van der Waals surface area (Å²) < 4.78 is 76.4. The van der Waals surface area contributed by atoms with E-state index in [1.807, 2.05) is 0 Å². The Labute approximate surface area is 220 Å². The number of methoxy groups -OCH3 is 3. The van der Waals surface area contributed by atoms with Gasteiger partial charge in [-0.1, -0.05) is 24.3 Å². The van der Waals surface area contributed by atoms with Gasteiger partial charge in [0.25, 0.3) is 0 Å². The van der Waals surface area contributed by atoms with E-state index >= 15 is 0 Å². The highest BCUT2D eigenvalue weighted by Gasteiger charge is 2.31. The molecule has 0 amide bonds. The molecule has 0 saturated heterocycles. The van der Waals surface area contributed by atoms with Crippen molar-refractivity contribution in [1.29, 1.82) is 0 Å². The molecule has 39 heavy (non-hydrogen) atoms. The normalized spacial score (nSPS) is 11.4. The van der Waals surface area contributed by atoms with E-state index in [2.05, 4.69) is 0 Å². The van der Waals surface area contributed by atoms with Gasteiger partial charge in [0.2, 0.25) is 5.43 Å². The Kier molecular flexibility index (Phi) is 7.80. The molecule has 0 spiro atoms. The summed E-state index contributed by atoms with van der Waals surface area (Å²) in [5.41, 5.74) is -1.49. The first kappa shape index (κ1) is 27.5. The minimum Gasteiger partial charge on any atom is -0.496 e. The molecule has 1 aromatic heterocycles. The van der Waals surface area contributed by atoms with E-state index in [-0.39, 0.29) is 46.7 Å². The molecule has 0 atom stereocenters. The number of rotatable bonds is 8. The molecular weight excluding hydrogens is 522 g/mol. The van der Waals surface area contributed by atoms with Crippen LogP contribution in [0.3, 0.4) is 0 Å². The average molecular weight is 545 g/mol. The first-order chi connectivity index (χ1) is 18.6. The summed E-state index contributed by atoms with van der Waals surface area (Å²) in [5.74, 6) is -1.12. The molecule has 0 fully saturated rings. The van der Waals surface area contributed by atoms with Gasteiger partial charge in [-0.25, -0.2) is 9.18 Å². The molecule has 0 radical (unpaired) electrons. The molecule has 11 heteroatoms. The maximum atomic E-state index is 14.7. The SMILES string of the molecule is COc1ccccc1COC(=O)c1cn(Cc2ccc(C(F)(F)F)cc2F)c2cc(OC)c(OC)cc2c1=O. The number of carbonyl (C=O) groups is 1. The molecule has 7 nitrogen and oxygen atoms in total. The topological polar surface area (TPSA) is 76.0 Å². The zero-order valence-electron chi connectivity index (χ0n) is 21.1. The Morgan fingerprint density at radius 3 is 2.18 bits per heavy atom. The monoisotopic (exact) mass is 545 g/mol. The van der Waals surface area contributed by atoms with Gasteiger partial charge in [0.15, 0.2) is 11.5 Å². The van der Waals surface area contributed by atoms with Crippen molar-refractivity contribution in [3.8, 4) is 17.2 Å². The van der Waals surface area contributed by atoms with Crippen molar-refractivity contribution in [2.45, 2.75) is 19.3 Å². The van der Waals surface area contributed by atoms with Crippen LogP contribution >= 0.6 is 0 Å². The maximum Gasteiger partial charge on any atom is 0.416 e. The summed E-state index contributed by atoms with van der Waals surface area (Å²) in [4.78, 5) is 26.4. The number of fused-ring (bicyclic) bond motifs is 1. The van der Waals surface area contributed by atoms with Gasteiger partial charge in [-0.15, -0.1) is 0 Å². The van der Waals surface area contributed by atoms with Crippen molar-refractivity contribution in [3.05, 3.63) is 99.1 Å². The van der Waals surface area contributed by atoms with Crippen LogP contribution in [0.5, 0.6) is 17.2 Å². The van der Waals surface area contributed by atoms with Crippen LogP contribution in [-0.2, 0) is 24.1 Å². The maximum absolute atomic E-state index is 14.7. The predicted molar refractivity (Wildman–Crippen MR) is 134 cm³/mol. The molecule has 0 N–H and O–H groups in total. The smallest absolute Gasteiger partial charge is 0.416 e. The number of nitrogens with zero attached hydrogens (tertiary/aromatic N) is 1. The van der Waals surface area contributed by atoms with Gasteiger partial charge in [0.1, 0.15) is 23.7 Å². The third-order valence-electron chi connectivity index (χ3n) is 6.08. The van der Waals surface area contributed by atoms with Gasteiger partial charge in [-0.05, 0) is 24.3 Å². The van der Waals surface area contributed by atoms with Crippen molar-refractivity contribution in [2.75, 3.05) is 21.3 Å². The lowest BCUT2D eigenvalue weighted by Crippen LogP contribution is -2.21. The van der Waals surface area contributed by atoms with Crippen molar-refractivity contribution < 1.29 is 41.3 Å². The lowest BCUT2D eigenvalue weighted by atomic mass is 10.1. The summed E-state index contributed by atoms with van der Waals surface area (Å²) in [5, 5.41) is 0.0340. The highest BCUT2D eigenvalue weighted by Crippen LogP contribution is 2.33. The number of benzene rings is 3. The van der Waals surface area contributed by atoms with Crippen LogP contribution in [0.2, 0.25) is 0 Å². The molecule has 4 aromatic rings. The number of para-hydroxylation sites is 1. The number of halogens is 4. The van der Waals surface area contributed by atoms with Crippen LogP contribution in [0.4, 0.5) is 17.6 Å². The van der Waals surface area contributed by atoms with E-state index < -0.39 is 29.0 Å². The van der Waals surface area contributed by atoms with Gasteiger partial charge in [0.05, 0.1) is 44.3 Å². The van der Waals surface area contributed by atoms with Gasteiger partial charge in [-0.2, -0.15) is 13.2 Å². The lowest BCUT2D eigenvalue weighted by Gasteiger charge is -2.17. The number of aromatic nitrogens is 1. The minimum atomic E-state index is -4.72. The fraction of sp³-hybridized carbons (Fsp3) is 0.214. The summed E-state index contributed by atoms with van der Waals surface area (Å²) in [6, 6.07) is 11.8. The second-order valence-corrected chi connectivity index (χ2v) is 8.42. The van der Waals surface area contributed by atoms with Crippen LogP contribution in [0.25, 0.3) is 10.9 Å². The molecule has 0 bridgehead atoms. The van der Waals surface area contributed by atoms with Crippen LogP contribution in [0.15, 0.2) is 65.6 Å². The first-order valence-corrected chi connectivity index (χ1v) is 11.5. The molecule has 204 valence electrons. The molecule has 4 rings (SSSR count). The van der Waals surface area contributed by atoms with Crippen molar-refractivity contribution in [3.63, 3.8) is 0 Å². The largest absolute Gasteiger partial charge is 0.496 e. The number of ether oxygens (including phenoxy) is 4. The van der Waals surface area contributed by atoms with Crippen molar-refractivity contribution in [1.82, 2.24) is 4.57 Å². The number of esters is 1. The number of hydrogen-bond acceptors (Lipinski definition) is 6. The Morgan fingerprint density at radius 1 is 0.872 bits per heavy atom. The van der Waals surface area contributed by atoms with E-state index in [1.54, 1.807) is 24.3 Å². The molecule has 3 aromatic carbocycles. The number of alkyl halides is 3. The molecule has 0 aliphatic heterocycles. The Hall–Kier alpha value is -4.54. The molecule has 0 aliphatic carbocycles. The third kappa shape index (κ3) is 5.66. The van der Waals surface area contributed by atoms with Crippen LogP contribution < -0.4 is 19.6 Å². The van der Waals surface area contributed by atoms with E-state index in [4.69, 9.17) is 18.9 Å². The molecule has 0 saturated carbocycles. The summed E-state index contributed by atoms with van der Waals surface area (Å²) in [6.45, 7) is -0.497. The van der Waals surface area contributed by atoms with Crippen LogP contribution in [-0.4, -0.2) is 31.9 Å². The Balaban J connectivity index is 1.80. The van der Waals surface area contributed by atoms with Crippen molar-refractivity contribution >= 4 is 16.9 Å². The number of hydrogen-bond donors (Lipinski definition) is 0. The second kappa shape index (κ2) is 11.1. The molecule has 1 heterocycles. The highest BCUT2D eigenvalue weighted by atomic mass is 19.4. The van der Waals surface area contributed by atoms with E-state index in [1.165, 1.54) is 44.2 Å². The third-order valence-corrected chi connectivity index (χ3v) is 6.08. The fourth-order valence-corrected chi connectivity index (χ4v) is 4.07. The fourth-order valence-electron chi connectivity index (χ4n) is 4.07. The number of carbonyl (C=O) groups excluding carboxylic acids is 1. The van der Waals surface area contributed by atoms with Gasteiger partial charge in [0, 0.05) is 23.4 Å². The zero-order valence-corrected chi connectivity index (χ0v) is 21.1. The van der Waals surface area contributed by atoms with Crippen molar-refractivity contribution in [2.24, 2.45) is 0 Å². The quantitative estimate of drug-likeness (QED) is 0.212. The minimum absolute atomic E-state index is 0.0340.